The van der Waals surface area contributed by atoms with Crippen LogP contribution in [0.2, 0.25) is 0 Å². The smallest absolute Gasteiger partial charge is 0.322 e. The van der Waals surface area contributed by atoms with Crippen molar-refractivity contribution >= 4 is 33.1 Å². The molecule has 0 fully saturated rings. The minimum Gasteiger partial charge on any atom is -0.496 e. The third-order valence-electron chi connectivity index (χ3n) is 17.0. The molecule has 24 nitrogen and oxygen atoms in total. The Bertz CT molecular complexity index is 6610. The first-order chi connectivity index (χ1) is 55.5. The molecule has 0 atom stereocenters. The van der Waals surface area contributed by atoms with Gasteiger partial charge in [-0.05, 0) is 113 Å². The van der Waals surface area contributed by atoms with E-state index < -0.39 is 48.4 Å². The van der Waals surface area contributed by atoms with Gasteiger partial charge in [0.2, 0.25) is 0 Å². The summed E-state index contributed by atoms with van der Waals surface area (Å²) < 4.78 is 151. The van der Waals surface area contributed by atoms with E-state index in [1.165, 1.54) is 94.5 Å². The molecular formula is C81H63F3N18O6. The van der Waals surface area contributed by atoms with Crippen LogP contribution >= 0.6 is 0 Å². The van der Waals surface area contributed by atoms with Crippen LogP contribution in [-0.2, 0) is 21.1 Å². The molecule has 0 spiro atoms. The van der Waals surface area contributed by atoms with Gasteiger partial charge in [-0.3, -0.25) is 0 Å². The Kier molecular flexibility index (Phi) is 17.5. The van der Waals surface area contributed by atoms with E-state index >= 15 is 13.2 Å². The van der Waals surface area contributed by atoms with E-state index in [0.717, 1.165) is 0 Å². The maximum absolute atomic E-state index is 15.8. The number of fused-ring (bicyclic) bond motifs is 3. The normalized spacial score (nSPS) is 12.1. The zero-order valence-electron chi connectivity index (χ0n) is 67.3. The second-order valence-electron chi connectivity index (χ2n) is 23.7. The van der Waals surface area contributed by atoms with Crippen molar-refractivity contribution in [1.82, 2.24) is 88.5 Å². The van der Waals surface area contributed by atoms with Crippen LogP contribution < -0.4 is 28.4 Å². The van der Waals surface area contributed by atoms with Crippen LogP contribution in [0, 0.1) is 96.0 Å². The lowest BCUT2D eigenvalue weighted by atomic mass is 9.98. The summed E-state index contributed by atoms with van der Waals surface area (Å²) in [7, 11) is 5.35. The lowest BCUT2D eigenvalue weighted by Gasteiger charge is -2.13. The topological polar surface area (TPSA) is 264 Å². The van der Waals surface area contributed by atoms with Gasteiger partial charge in [0.15, 0.2) is 34.7 Å². The lowest BCUT2D eigenvalue weighted by molar-refractivity contribution is 0.410. The van der Waals surface area contributed by atoms with Crippen molar-refractivity contribution in [3.8, 4) is 157 Å². The molecular weight excluding hydrogens is 1380 g/mol. The first kappa shape index (κ1) is 62.1. The summed E-state index contributed by atoms with van der Waals surface area (Å²) in [5, 5.41) is 1.77. The monoisotopic (exact) mass is 1450 g/mol. The Morgan fingerprint density at radius 1 is 0.407 bits per heavy atom. The fraction of sp³-hybridized carbons (Fsp3) is 0.148. The van der Waals surface area contributed by atoms with Crippen molar-refractivity contribution in [2.75, 3.05) is 21.3 Å². The molecule has 108 heavy (non-hydrogen) atoms. The largest absolute Gasteiger partial charge is 0.496 e. The molecule has 0 aliphatic rings. The van der Waals surface area contributed by atoms with Gasteiger partial charge >= 0.3 is 18.0 Å². The highest BCUT2D eigenvalue weighted by Crippen LogP contribution is 2.48. The maximum atomic E-state index is 15.8. The summed E-state index contributed by atoms with van der Waals surface area (Å²) in [6, 6.07) is 15.0. The van der Waals surface area contributed by atoms with E-state index in [-0.39, 0.29) is 81.3 Å². The molecule has 0 aliphatic heterocycles. The van der Waals surface area contributed by atoms with Gasteiger partial charge in [-0.15, -0.1) is 19.3 Å². The van der Waals surface area contributed by atoms with Gasteiger partial charge in [-0.25, -0.2) is 87.9 Å². The SMILES string of the molecule is [2H]C([2H])([2H])Oc1cc(C#C)ncc1-c1c(-c2ccc(Oc3nccc(C)n3)c(F)c2)c2c(C)ncnc2n1C.[2H]c1c([2H])c(-c2c(-c3cnc(C#C)cc3OC)n(C)c3ncnc(C)c23)c([2H])c(F)c1Oc1nccc(C)n1.[2H]c1nc(C#C)c([2H])c(OC)c1-c1c(-c2ccc(Oc3nccc(C)n3)c(F)c2)c2c(C)ncnc2n1C. The van der Waals surface area contributed by atoms with Crippen LogP contribution in [0.4, 0.5) is 13.2 Å². The second-order valence-corrected chi connectivity index (χ2v) is 23.7. The second kappa shape index (κ2) is 30.4. The minimum absolute atomic E-state index is 0.00672. The number of hydrogen-bond acceptors (Lipinski definition) is 21. The third-order valence-corrected chi connectivity index (χ3v) is 17.0. The van der Waals surface area contributed by atoms with Crippen molar-refractivity contribution in [1.29, 1.82) is 0 Å². The molecule has 0 amide bonds. The van der Waals surface area contributed by atoms with Crippen LogP contribution in [-0.4, -0.2) is 110 Å². The fourth-order valence-corrected chi connectivity index (χ4v) is 12.1. The molecule has 0 unspecified atom stereocenters. The Labute approximate surface area is 628 Å². The maximum Gasteiger partial charge on any atom is 0.322 e. The molecule has 15 aromatic rings. The van der Waals surface area contributed by atoms with Crippen molar-refractivity contribution in [2.45, 2.75) is 41.5 Å². The molecule has 0 saturated carbocycles. The van der Waals surface area contributed by atoms with E-state index in [1.54, 1.807) is 106 Å². The molecule has 0 saturated heterocycles. The van der Waals surface area contributed by atoms with Crippen molar-refractivity contribution in [2.24, 2.45) is 21.1 Å². The van der Waals surface area contributed by atoms with Gasteiger partial charge in [-0.1, -0.05) is 35.9 Å². The van der Waals surface area contributed by atoms with Gasteiger partial charge in [0, 0.05) is 126 Å². The lowest BCUT2D eigenvalue weighted by Crippen LogP contribution is -1.99. The van der Waals surface area contributed by atoms with Crippen molar-refractivity contribution in [3.05, 3.63) is 216 Å². The number of rotatable bonds is 15. The van der Waals surface area contributed by atoms with Gasteiger partial charge in [0.05, 0.1) is 83.1 Å². The van der Waals surface area contributed by atoms with E-state index in [4.69, 9.17) is 58.7 Å². The molecule has 534 valence electrons. The Hall–Kier alpha value is -14.5. The Morgan fingerprint density at radius 2 is 0.815 bits per heavy atom. The number of nitrogens with zero attached hydrogens (tertiary/aromatic N) is 18. The van der Waals surface area contributed by atoms with Gasteiger partial charge in [-0.2, -0.15) is 0 Å². The summed E-state index contributed by atoms with van der Waals surface area (Å²) in [6.07, 6.45) is 28.0. The number of halogens is 3. The highest BCUT2D eigenvalue weighted by atomic mass is 19.1. The van der Waals surface area contributed by atoms with Gasteiger partial charge in [0.1, 0.15) is 70.3 Å². The number of ether oxygens (including phenoxy) is 6. The van der Waals surface area contributed by atoms with E-state index in [1.807, 2.05) is 6.92 Å². The van der Waals surface area contributed by atoms with Crippen molar-refractivity contribution in [3.63, 3.8) is 0 Å². The summed E-state index contributed by atoms with van der Waals surface area (Å²) in [4.78, 5) is 63.3. The average molecular weight is 1450 g/mol. The average Bonchev–Trinajstić information content (AvgIpc) is 1.52. The van der Waals surface area contributed by atoms with Crippen LogP contribution in [0.25, 0.3) is 100 Å². The Morgan fingerprint density at radius 3 is 1.21 bits per heavy atom. The van der Waals surface area contributed by atoms with E-state index in [9.17, 15) is 0 Å². The number of pyridine rings is 3. The molecule has 15 rings (SSSR count). The highest BCUT2D eigenvalue weighted by molar-refractivity contribution is 6.07. The number of hydrogen-bond donors (Lipinski definition) is 0. The van der Waals surface area contributed by atoms with Gasteiger partial charge < -0.3 is 42.1 Å². The molecule has 12 heterocycles. The molecule has 0 aliphatic carbocycles. The molecule has 3 aromatic carbocycles. The van der Waals surface area contributed by atoms with Crippen molar-refractivity contribution < 1.29 is 52.6 Å². The summed E-state index contributed by atoms with van der Waals surface area (Å²) in [6.45, 7) is 10.6. The number of benzene rings is 3. The predicted octanol–water partition coefficient (Wildman–Crippen LogP) is 15.1. The number of methoxy groups -OCH3 is 3. The zero-order valence-corrected chi connectivity index (χ0v) is 59.3. The van der Waals surface area contributed by atoms with Crippen LogP contribution in [0.5, 0.6) is 52.5 Å². The van der Waals surface area contributed by atoms with E-state index in [0.29, 0.717) is 129 Å². The number of aryl methyl sites for hydroxylation is 9. The molecule has 27 heteroatoms. The van der Waals surface area contributed by atoms with Crippen LogP contribution in [0.15, 0.2) is 147 Å². The first-order valence-corrected chi connectivity index (χ1v) is 32.4. The number of terminal acetylenes is 3. The fourth-order valence-electron chi connectivity index (χ4n) is 12.1. The van der Waals surface area contributed by atoms with E-state index in [2.05, 4.69) is 92.5 Å². The minimum atomic E-state index is -2.76. The summed E-state index contributed by atoms with van der Waals surface area (Å²) in [5.41, 5.74) is 10.3. The summed E-state index contributed by atoms with van der Waals surface area (Å²) >= 11 is 0. The third kappa shape index (κ3) is 14.0. The molecule has 12 aromatic heterocycles. The number of aromatic nitrogens is 18. The van der Waals surface area contributed by atoms with Crippen LogP contribution in [0.3, 0.4) is 0 Å². The molecule has 0 bridgehead atoms. The standard InChI is InChI=1S/3C27H21FN6O2/c3*1-6-18-12-22(35-5)19(13-30-18)25-24(23-16(3)31-14-32-26(23)34(25)4)17-7-8-21(20(28)11-17)36-27-29-10-9-15(2)33-27/h3*1,7-14H,2-5H3/i7D,8D,11D;12D,13D;5D3. The zero-order chi connectivity index (χ0) is 83.0. The molecule has 0 radical (unpaired) electrons. The summed E-state index contributed by atoms with van der Waals surface area (Å²) in [5.74, 6) is 4.43. The first-order valence-electron chi connectivity index (χ1n) is 36.4. The van der Waals surface area contributed by atoms with Gasteiger partial charge in [0.25, 0.3) is 0 Å². The Balaban J connectivity index is 0.000000151. The molecule has 0 N–H and O–H groups in total. The predicted molar refractivity (Wildman–Crippen MR) is 400 cm³/mol. The quantitative estimate of drug-likeness (QED) is 0.0863. The van der Waals surface area contributed by atoms with Crippen LogP contribution in [0.1, 0.15) is 62.2 Å². The highest BCUT2D eigenvalue weighted by Gasteiger charge is 2.29.